The molecule has 0 saturated heterocycles. The molecule has 158 valence electrons. The molecule has 1 aromatic heterocycles. The number of nitrogens with zero attached hydrogens (tertiary/aromatic N) is 1. The summed E-state index contributed by atoms with van der Waals surface area (Å²) in [4.78, 5) is 2.05. The average Bonchev–Trinajstić information content (AvgIpc) is 3.55. The summed E-state index contributed by atoms with van der Waals surface area (Å²) in [5.41, 5.74) is 8.95. The maximum atomic E-state index is 13.1. The van der Waals surface area contributed by atoms with Gasteiger partial charge in [-0.1, -0.05) is 29.8 Å². The highest BCUT2D eigenvalue weighted by molar-refractivity contribution is 8.02. The first kappa shape index (κ1) is 20.9. The quantitative estimate of drug-likeness (QED) is 0.322. The average molecular weight is 424 g/mol. The number of aliphatic hydroxyl groups excluding tert-OH is 1. The smallest absolute Gasteiger partial charge is 0.0708 e. The third-order valence-electron chi connectivity index (χ3n) is 5.94. The minimum absolute atomic E-state index is 0.0931. The van der Waals surface area contributed by atoms with Crippen LogP contribution < -0.4 is 11.3 Å². The van der Waals surface area contributed by atoms with Crippen molar-refractivity contribution in [3.05, 3.63) is 71.4 Å². The van der Waals surface area contributed by atoms with Crippen LogP contribution in [-0.4, -0.2) is 31.6 Å². The van der Waals surface area contributed by atoms with Gasteiger partial charge in [0.1, 0.15) is 0 Å². The molecule has 6 heteroatoms. The molecule has 1 heterocycles. The van der Waals surface area contributed by atoms with Crippen LogP contribution in [0.25, 0.3) is 16.9 Å². The minimum atomic E-state index is -2.06. The Kier molecular flexibility index (Phi) is 5.59. The van der Waals surface area contributed by atoms with Gasteiger partial charge in [0.05, 0.1) is 18.3 Å². The predicted molar refractivity (Wildman–Crippen MR) is 124 cm³/mol. The number of aryl methyl sites for hydroxylation is 1. The lowest BCUT2D eigenvalue weighted by molar-refractivity contribution is 0.245. The van der Waals surface area contributed by atoms with Crippen LogP contribution in [-0.2, 0) is 9.52 Å². The number of hydrazine groups is 1. The monoisotopic (exact) mass is 423 g/mol. The largest absolute Gasteiger partial charge is 0.394 e. The zero-order valence-electron chi connectivity index (χ0n) is 17.7. The molecule has 1 aliphatic carbocycles. The van der Waals surface area contributed by atoms with Gasteiger partial charge in [0.15, 0.2) is 0 Å². The summed E-state index contributed by atoms with van der Waals surface area (Å²) in [6, 6.07) is 18.1. The van der Waals surface area contributed by atoms with Gasteiger partial charge in [0.25, 0.3) is 0 Å². The maximum absolute atomic E-state index is 13.1. The van der Waals surface area contributed by atoms with Gasteiger partial charge in [-0.3, -0.25) is 15.5 Å². The van der Waals surface area contributed by atoms with Crippen LogP contribution >= 0.6 is 0 Å². The molecule has 4 N–H and O–H groups in total. The van der Waals surface area contributed by atoms with E-state index >= 15 is 0 Å². The van der Waals surface area contributed by atoms with Gasteiger partial charge in [-0.25, -0.2) is 0 Å². The summed E-state index contributed by atoms with van der Waals surface area (Å²) in [6.45, 7) is 4.01. The van der Waals surface area contributed by atoms with E-state index in [0.29, 0.717) is 0 Å². The fourth-order valence-corrected chi connectivity index (χ4v) is 5.82. The molecule has 30 heavy (non-hydrogen) atoms. The van der Waals surface area contributed by atoms with Crippen molar-refractivity contribution in [3.8, 4) is 16.9 Å². The van der Waals surface area contributed by atoms with Crippen LogP contribution in [0.5, 0.6) is 0 Å². The van der Waals surface area contributed by atoms with E-state index in [4.69, 9.17) is 5.84 Å². The number of rotatable bonds is 6. The molecule has 0 radical (unpaired) electrons. The number of aromatic nitrogens is 1. The second-order valence-electron chi connectivity index (χ2n) is 8.05. The summed E-state index contributed by atoms with van der Waals surface area (Å²) < 4.78 is 15.2. The van der Waals surface area contributed by atoms with Crippen LogP contribution in [0.1, 0.15) is 35.7 Å². The molecule has 1 aliphatic rings. The van der Waals surface area contributed by atoms with Crippen molar-refractivity contribution >= 4 is 14.4 Å². The molecule has 2 atom stereocenters. The molecule has 2 unspecified atom stereocenters. The molecule has 0 aliphatic heterocycles. The van der Waals surface area contributed by atoms with Crippen molar-refractivity contribution in [2.24, 2.45) is 5.84 Å². The van der Waals surface area contributed by atoms with E-state index in [0.717, 1.165) is 50.8 Å². The summed E-state index contributed by atoms with van der Waals surface area (Å²) in [6.07, 6.45) is 3.80. The second kappa shape index (κ2) is 8.04. The number of hydrogen-bond donors (Lipinski definition) is 3. The highest BCUT2D eigenvalue weighted by Crippen LogP contribution is 2.33. The number of benzene rings is 2. The predicted octanol–water partition coefficient (Wildman–Crippen LogP) is 3.50. The highest BCUT2D eigenvalue weighted by Gasteiger charge is 2.23. The Hall–Kier alpha value is -2.38. The van der Waals surface area contributed by atoms with E-state index in [1.54, 1.807) is 0 Å². The Bertz CT molecular complexity index is 1170. The van der Waals surface area contributed by atoms with Crippen LogP contribution in [0.3, 0.4) is 0 Å². The maximum Gasteiger partial charge on any atom is 0.0708 e. The van der Waals surface area contributed by atoms with Crippen molar-refractivity contribution in [1.29, 1.82) is 0 Å². The zero-order valence-corrected chi connectivity index (χ0v) is 18.5. The van der Waals surface area contributed by atoms with E-state index < -0.39 is 9.52 Å². The number of nitrogens with one attached hydrogen (secondary N) is 1. The number of hydrogen-bond acceptors (Lipinski definition) is 4. The molecule has 4 rings (SSSR count). The molecule has 0 bridgehead atoms. The fraction of sp³-hybridized carbons (Fsp3) is 0.292. The molecule has 0 amide bonds. The first-order valence-electron chi connectivity index (χ1n) is 10.2. The molecular formula is C24H29N3O2S. The standard InChI is InChI=1S/C24H29N3O2S/c1-16-4-8-19(9-5-16)27-17(2)22(23(15-28)26-25)14-24(27)18-6-10-20(11-7-18)30(3,29)21-12-13-21/h4-11,14,23,26,28H,12-13,15,25H2,1-3H3. The molecule has 5 nitrogen and oxygen atoms in total. The van der Waals surface area contributed by atoms with Crippen molar-refractivity contribution in [2.75, 3.05) is 12.9 Å². The van der Waals surface area contributed by atoms with E-state index in [1.807, 2.05) is 37.4 Å². The number of nitrogens with two attached hydrogens (primary N) is 1. The lowest BCUT2D eigenvalue weighted by Crippen LogP contribution is -2.30. The molecule has 1 fully saturated rings. The Labute approximate surface area is 178 Å². The van der Waals surface area contributed by atoms with Gasteiger partial charge >= 0.3 is 0 Å². The Morgan fingerprint density at radius 1 is 1.10 bits per heavy atom. The SMILES string of the molecule is Cc1ccc(-n2c(-c3ccc(S(C)(=O)=C4CC4)cc3)cc(C(CO)NN)c2C)cc1. The van der Waals surface area contributed by atoms with Crippen molar-refractivity contribution in [2.45, 2.75) is 37.6 Å². The third kappa shape index (κ3) is 3.72. The Morgan fingerprint density at radius 2 is 1.73 bits per heavy atom. The topological polar surface area (TPSA) is 80.3 Å². The van der Waals surface area contributed by atoms with Crippen LogP contribution in [0.4, 0.5) is 0 Å². The van der Waals surface area contributed by atoms with Crippen molar-refractivity contribution in [1.82, 2.24) is 9.99 Å². The molecule has 3 aromatic rings. The first-order valence-corrected chi connectivity index (χ1v) is 12.1. The highest BCUT2D eigenvalue weighted by atomic mass is 32.2. The van der Waals surface area contributed by atoms with Gasteiger partial charge < -0.3 is 9.67 Å². The van der Waals surface area contributed by atoms with Gasteiger partial charge in [-0.15, -0.1) is 0 Å². The normalized spacial score (nSPS) is 16.4. The van der Waals surface area contributed by atoms with E-state index in [1.165, 1.54) is 5.56 Å². The Morgan fingerprint density at radius 3 is 2.27 bits per heavy atom. The summed E-state index contributed by atoms with van der Waals surface area (Å²) >= 11 is 0. The summed E-state index contributed by atoms with van der Waals surface area (Å²) in [5.74, 6) is 5.69. The molecular weight excluding hydrogens is 394 g/mol. The van der Waals surface area contributed by atoms with Gasteiger partial charge in [0, 0.05) is 22.5 Å². The molecule has 0 spiro atoms. The van der Waals surface area contributed by atoms with E-state index in [2.05, 4.69) is 47.2 Å². The van der Waals surface area contributed by atoms with Crippen LogP contribution in [0, 0.1) is 13.8 Å². The lowest BCUT2D eigenvalue weighted by Gasteiger charge is -2.15. The number of aliphatic hydroxyl groups is 1. The lowest BCUT2D eigenvalue weighted by atomic mass is 10.1. The van der Waals surface area contributed by atoms with Crippen molar-refractivity contribution in [3.63, 3.8) is 0 Å². The van der Waals surface area contributed by atoms with Crippen LogP contribution in [0.15, 0.2) is 59.5 Å². The van der Waals surface area contributed by atoms with Crippen molar-refractivity contribution < 1.29 is 9.32 Å². The zero-order chi connectivity index (χ0) is 21.5. The van der Waals surface area contributed by atoms with Gasteiger partial charge in [-0.05, 0) is 82.5 Å². The minimum Gasteiger partial charge on any atom is -0.394 e. The van der Waals surface area contributed by atoms with Gasteiger partial charge in [0.2, 0.25) is 0 Å². The fourth-order valence-electron chi connectivity index (χ4n) is 3.95. The van der Waals surface area contributed by atoms with Gasteiger partial charge in [-0.2, -0.15) is 0 Å². The second-order valence-corrected chi connectivity index (χ2v) is 10.8. The summed E-state index contributed by atoms with van der Waals surface area (Å²) in [7, 11) is -2.06. The molecule has 2 aromatic carbocycles. The Balaban J connectivity index is 1.86. The first-order chi connectivity index (χ1) is 14.4. The third-order valence-corrected chi connectivity index (χ3v) is 8.62. The summed E-state index contributed by atoms with van der Waals surface area (Å²) in [5, 5.41) is 9.78. The van der Waals surface area contributed by atoms with E-state index in [9.17, 15) is 9.32 Å². The van der Waals surface area contributed by atoms with Crippen LogP contribution in [0.2, 0.25) is 0 Å². The molecule has 1 saturated carbocycles. The van der Waals surface area contributed by atoms with E-state index in [-0.39, 0.29) is 12.6 Å².